The van der Waals surface area contributed by atoms with Crippen LogP contribution < -0.4 is 4.72 Å². The Morgan fingerprint density at radius 3 is 2.65 bits per heavy atom. The number of benzene rings is 1. The van der Waals surface area contributed by atoms with Crippen LogP contribution >= 0.6 is 0 Å². The molecule has 1 N–H and O–H groups in total. The second kappa shape index (κ2) is 6.52. The molecule has 0 spiro atoms. The quantitative estimate of drug-likeness (QED) is 0.923. The first kappa shape index (κ1) is 16.3. The number of ether oxygens (including phenoxy) is 1. The molecule has 124 valence electrons. The molecule has 1 saturated heterocycles. The first-order valence-corrected chi connectivity index (χ1v) is 9.12. The van der Waals surface area contributed by atoms with Crippen LogP contribution in [0.1, 0.15) is 19.4 Å². The summed E-state index contributed by atoms with van der Waals surface area (Å²) in [5.41, 5.74) is 1.68. The van der Waals surface area contributed by atoms with Crippen LogP contribution in [-0.4, -0.2) is 43.0 Å². The van der Waals surface area contributed by atoms with Crippen molar-refractivity contribution < 1.29 is 13.2 Å². The maximum absolute atomic E-state index is 12.5. The zero-order valence-electron chi connectivity index (χ0n) is 13.3. The van der Waals surface area contributed by atoms with E-state index >= 15 is 0 Å². The van der Waals surface area contributed by atoms with E-state index in [-0.39, 0.29) is 18.8 Å². The van der Waals surface area contributed by atoms with Crippen molar-refractivity contribution >= 4 is 21.1 Å². The van der Waals surface area contributed by atoms with Crippen LogP contribution in [0.25, 0.3) is 10.9 Å². The topological polar surface area (TPSA) is 71.5 Å². The van der Waals surface area contributed by atoms with Crippen molar-refractivity contribution in [2.75, 3.05) is 13.1 Å². The number of para-hydroxylation sites is 1. The molecule has 23 heavy (non-hydrogen) atoms. The van der Waals surface area contributed by atoms with Crippen LogP contribution in [0, 0.1) is 0 Å². The molecule has 2 atom stereocenters. The Bertz CT molecular complexity index is 779. The predicted octanol–water partition coefficient (Wildman–Crippen LogP) is 1.68. The minimum Gasteiger partial charge on any atom is -0.373 e. The number of hydrogen-bond acceptors (Lipinski definition) is 4. The third-order valence-corrected chi connectivity index (χ3v) is 5.37. The summed E-state index contributed by atoms with van der Waals surface area (Å²) in [6, 6.07) is 9.60. The standard InChI is InChI=1S/C16H21N3O3S/c1-12-10-19(11-13(2)22-12)23(20,21)18-9-15-6-3-5-14-7-4-8-17-16(14)15/h3-8,12-13,18H,9-11H2,1-2H3. The number of morpholine rings is 1. The zero-order chi connectivity index (χ0) is 16.4. The van der Waals surface area contributed by atoms with Crippen molar-refractivity contribution in [1.82, 2.24) is 14.0 Å². The Kier molecular flexibility index (Phi) is 4.63. The Labute approximate surface area is 136 Å². The maximum atomic E-state index is 12.5. The smallest absolute Gasteiger partial charge is 0.279 e. The summed E-state index contributed by atoms with van der Waals surface area (Å²) in [5.74, 6) is 0. The highest BCUT2D eigenvalue weighted by molar-refractivity contribution is 7.87. The number of rotatable bonds is 4. The first-order chi connectivity index (χ1) is 11.0. The van der Waals surface area contributed by atoms with Crippen molar-refractivity contribution in [3.8, 4) is 0 Å². The van der Waals surface area contributed by atoms with Gasteiger partial charge in [0.25, 0.3) is 10.2 Å². The molecule has 3 rings (SSSR count). The van der Waals surface area contributed by atoms with Crippen LogP contribution in [0.15, 0.2) is 36.5 Å². The minimum atomic E-state index is -3.54. The van der Waals surface area contributed by atoms with Crippen LogP contribution in [0.4, 0.5) is 0 Å². The lowest BCUT2D eigenvalue weighted by Crippen LogP contribution is -2.51. The van der Waals surface area contributed by atoms with E-state index in [9.17, 15) is 8.42 Å². The van der Waals surface area contributed by atoms with E-state index in [2.05, 4.69) is 9.71 Å². The molecule has 2 heterocycles. The number of fused-ring (bicyclic) bond motifs is 1. The fourth-order valence-corrected chi connectivity index (χ4v) is 4.23. The van der Waals surface area contributed by atoms with Crippen molar-refractivity contribution in [3.63, 3.8) is 0 Å². The van der Waals surface area contributed by atoms with Gasteiger partial charge >= 0.3 is 0 Å². The SMILES string of the molecule is CC1CN(S(=O)(=O)NCc2cccc3cccnc23)CC(C)O1. The summed E-state index contributed by atoms with van der Waals surface area (Å²) < 4.78 is 34.8. The van der Waals surface area contributed by atoms with Crippen molar-refractivity contribution in [2.45, 2.75) is 32.6 Å². The van der Waals surface area contributed by atoms with Crippen LogP contribution in [0.5, 0.6) is 0 Å². The fourth-order valence-electron chi connectivity index (χ4n) is 2.90. The number of hydrogen-bond donors (Lipinski definition) is 1. The summed E-state index contributed by atoms with van der Waals surface area (Å²) >= 11 is 0. The number of pyridine rings is 1. The molecule has 0 radical (unpaired) electrons. The molecular weight excluding hydrogens is 314 g/mol. The van der Waals surface area contributed by atoms with Crippen molar-refractivity contribution in [2.24, 2.45) is 0 Å². The molecule has 0 aliphatic carbocycles. The van der Waals surface area contributed by atoms with E-state index in [1.54, 1.807) is 6.20 Å². The van der Waals surface area contributed by atoms with Gasteiger partial charge in [-0.3, -0.25) is 4.98 Å². The summed E-state index contributed by atoms with van der Waals surface area (Å²) in [6.45, 7) is 4.72. The monoisotopic (exact) mass is 335 g/mol. The average Bonchev–Trinajstić information content (AvgIpc) is 2.52. The molecular formula is C16H21N3O3S. The number of nitrogens with zero attached hydrogens (tertiary/aromatic N) is 2. The highest BCUT2D eigenvalue weighted by atomic mass is 32.2. The molecule has 1 aromatic heterocycles. The van der Waals surface area contributed by atoms with Crippen molar-refractivity contribution in [3.05, 3.63) is 42.1 Å². The second-order valence-corrected chi connectivity index (χ2v) is 7.65. The molecule has 1 aliphatic rings. The average molecular weight is 335 g/mol. The second-order valence-electron chi connectivity index (χ2n) is 5.89. The molecule has 2 unspecified atom stereocenters. The molecule has 0 amide bonds. The van der Waals surface area contributed by atoms with Crippen LogP contribution in [0.2, 0.25) is 0 Å². The molecule has 1 aliphatic heterocycles. The van der Waals surface area contributed by atoms with E-state index < -0.39 is 10.2 Å². The van der Waals surface area contributed by atoms with Gasteiger partial charge < -0.3 is 4.74 Å². The summed E-state index contributed by atoms with van der Waals surface area (Å²) in [6.07, 6.45) is 1.51. The van der Waals surface area contributed by atoms with E-state index in [1.165, 1.54) is 4.31 Å². The van der Waals surface area contributed by atoms with Gasteiger partial charge in [-0.05, 0) is 25.5 Å². The summed E-state index contributed by atoms with van der Waals surface area (Å²) in [5, 5.41) is 0.998. The van der Waals surface area contributed by atoms with E-state index in [1.807, 2.05) is 44.2 Å². The Morgan fingerprint density at radius 2 is 1.91 bits per heavy atom. The van der Waals surface area contributed by atoms with Gasteiger partial charge in [0.15, 0.2) is 0 Å². The lowest BCUT2D eigenvalue weighted by atomic mass is 10.1. The lowest BCUT2D eigenvalue weighted by Gasteiger charge is -2.34. The highest BCUT2D eigenvalue weighted by Gasteiger charge is 2.30. The first-order valence-electron chi connectivity index (χ1n) is 7.68. The van der Waals surface area contributed by atoms with Crippen molar-refractivity contribution in [1.29, 1.82) is 0 Å². The fraction of sp³-hybridized carbons (Fsp3) is 0.438. The Balaban J connectivity index is 1.76. The van der Waals surface area contributed by atoms with E-state index in [0.717, 1.165) is 16.5 Å². The van der Waals surface area contributed by atoms with Gasteiger partial charge in [0.05, 0.1) is 17.7 Å². The van der Waals surface area contributed by atoms with Gasteiger partial charge in [0.2, 0.25) is 0 Å². The molecule has 2 aromatic rings. The molecule has 1 fully saturated rings. The summed E-state index contributed by atoms with van der Waals surface area (Å²) in [7, 11) is -3.54. The molecule has 6 nitrogen and oxygen atoms in total. The lowest BCUT2D eigenvalue weighted by molar-refractivity contribution is -0.0444. The molecule has 7 heteroatoms. The van der Waals surface area contributed by atoms with Gasteiger partial charge in [-0.25, -0.2) is 0 Å². The third kappa shape index (κ3) is 3.69. The highest BCUT2D eigenvalue weighted by Crippen LogP contribution is 2.17. The molecule has 1 aromatic carbocycles. The Morgan fingerprint density at radius 1 is 1.22 bits per heavy atom. The van der Waals surface area contributed by atoms with Gasteiger partial charge in [0, 0.05) is 31.2 Å². The maximum Gasteiger partial charge on any atom is 0.279 e. The molecule has 0 bridgehead atoms. The van der Waals surface area contributed by atoms with Gasteiger partial charge in [-0.1, -0.05) is 24.3 Å². The predicted molar refractivity (Wildman–Crippen MR) is 89.1 cm³/mol. The number of nitrogens with one attached hydrogen (secondary N) is 1. The molecule has 0 saturated carbocycles. The zero-order valence-corrected chi connectivity index (χ0v) is 14.1. The van der Waals surface area contributed by atoms with E-state index in [0.29, 0.717) is 13.1 Å². The third-order valence-electron chi connectivity index (χ3n) is 3.89. The summed E-state index contributed by atoms with van der Waals surface area (Å²) in [4.78, 5) is 4.35. The minimum absolute atomic E-state index is 0.102. The Hall–Kier alpha value is -1.54. The van der Waals surface area contributed by atoms with E-state index in [4.69, 9.17) is 4.74 Å². The van der Waals surface area contributed by atoms with Gasteiger partial charge in [-0.15, -0.1) is 0 Å². The van der Waals surface area contributed by atoms with Crippen LogP contribution in [0.3, 0.4) is 0 Å². The number of aromatic nitrogens is 1. The largest absolute Gasteiger partial charge is 0.373 e. The van der Waals surface area contributed by atoms with Gasteiger partial charge in [-0.2, -0.15) is 17.4 Å². The normalized spacial score (nSPS) is 23.2. The van der Waals surface area contributed by atoms with Gasteiger partial charge in [0.1, 0.15) is 0 Å². The van der Waals surface area contributed by atoms with Crippen LogP contribution in [-0.2, 0) is 21.5 Å².